The fourth-order valence-electron chi connectivity index (χ4n) is 2.63. The number of esters is 1. The molecule has 2 rings (SSSR count). The predicted octanol–water partition coefficient (Wildman–Crippen LogP) is 1.86. The number of aromatic nitrogens is 1. The molecule has 14 heteroatoms. The number of pyridine rings is 1. The minimum Gasteiger partial charge on any atom is -0.425 e. The Morgan fingerprint density at radius 3 is 2.87 bits per heavy atom. The SMILES string of the molecule is N[C@@H](CCCCNc1ncccc1[N+](=O)[O-])C(=O)N1CCSC1OC(=O)C(F)(F)F. The molecular formula is C16H20F3N5O5S. The molecule has 0 bridgehead atoms. The van der Waals surface area contributed by atoms with Crippen molar-refractivity contribution in [1.82, 2.24) is 9.88 Å². The number of rotatable bonds is 9. The standard InChI is InChI=1S/C16H20F3N5O5S/c17-16(18,19)14(26)29-15-23(8-9-30-15)13(25)10(20)4-1-2-6-21-12-11(24(27)28)5-3-7-22-12/h3,5,7,10,15H,1-2,4,6,8-9,20H2,(H,21,22)/t10-,15?/m0/s1. The smallest absolute Gasteiger partial charge is 0.425 e. The van der Waals surface area contributed by atoms with E-state index >= 15 is 0 Å². The number of ether oxygens (including phenoxy) is 1. The lowest BCUT2D eigenvalue weighted by atomic mass is 10.1. The number of nitrogens with one attached hydrogen (secondary N) is 1. The quantitative estimate of drug-likeness (QED) is 0.249. The highest BCUT2D eigenvalue weighted by molar-refractivity contribution is 8.00. The minimum absolute atomic E-state index is 0.123. The molecule has 0 aromatic carbocycles. The average molecular weight is 451 g/mol. The van der Waals surface area contributed by atoms with E-state index in [1.54, 1.807) is 0 Å². The lowest BCUT2D eigenvalue weighted by Crippen LogP contribution is -2.47. The van der Waals surface area contributed by atoms with Gasteiger partial charge in [0.05, 0.1) is 11.0 Å². The Kier molecular flexibility index (Phi) is 8.23. The first-order valence-electron chi connectivity index (χ1n) is 8.90. The second kappa shape index (κ2) is 10.4. The van der Waals surface area contributed by atoms with Gasteiger partial charge in [-0.3, -0.25) is 19.8 Å². The zero-order valence-electron chi connectivity index (χ0n) is 15.6. The summed E-state index contributed by atoms with van der Waals surface area (Å²) >= 11 is 0.908. The van der Waals surface area contributed by atoms with Crippen molar-refractivity contribution in [2.45, 2.75) is 37.0 Å². The van der Waals surface area contributed by atoms with Crippen LogP contribution in [0, 0.1) is 10.1 Å². The molecule has 1 amide bonds. The van der Waals surface area contributed by atoms with Crippen molar-refractivity contribution >= 4 is 35.1 Å². The van der Waals surface area contributed by atoms with Crippen molar-refractivity contribution in [2.75, 3.05) is 24.2 Å². The van der Waals surface area contributed by atoms with Crippen LogP contribution in [-0.4, -0.2) is 63.3 Å². The van der Waals surface area contributed by atoms with Crippen LogP contribution in [-0.2, 0) is 14.3 Å². The average Bonchev–Trinajstić information content (AvgIpc) is 3.14. The number of unbranched alkanes of at least 4 members (excludes halogenated alkanes) is 1. The summed E-state index contributed by atoms with van der Waals surface area (Å²) in [6, 6.07) is 1.80. The topological polar surface area (TPSA) is 141 Å². The summed E-state index contributed by atoms with van der Waals surface area (Å²) in [7, 11) is 0. The number of carbonyl (C=O) groups excluding carboxylic acids is 2. The maximum atomic E-state index is 12.4. The molecule has 10 nitrogen and oxygen atoms in total. The van der Waals surface area contributed by atoms with E-state index in [2.05, 4.69) is 15.0 Å². The first-order chi connectivity index (χ1) is 14.1. The zero-order valence-corrected chi connectivity index (χ0v) is 16.4. The van der Waals surface area contributed by atoms with Gasteiger partial charge < -0.3 is 15.8 Å². The van der Waals surface area contributed by atoms with Crippen molar-refractivity contribution < 1.29 is 32.4 Å². The van der Waals surface area contributed by atoms with Crippen LogP contribution in [0.5, 0.6) is 0 Å². The summed E-state index contributed by atoms with van der Waals surface area (Å²) < 4.78 is 41.4. The molecule has 1 aliphatic rings. The molecule has 3 N–H and O–H groups in total. The van der Waals surface area contributed by atoms with Crippen molar-refractivity contribution in [3.05, 3.63) is 28.4 Å². The summed E-state index contributed by atoms with van der Waals surface area (Å²) in [4.78, 5) is 38.7. The first kappa shape index (κ1) is 23.7. The summed E-state index contributed by atoms with van der Waals surface area (Å²) in [5.41, 5.74) is 4.33. The van der Waals surface area contributed by atoms with E-state index in [-0.39, 0.29) is 24.5 Å². The molecule has 0 radical (unpaired) electrons. The zero-order chi connectivity index (χ0) is 22.3. The van der Waals surface area contributed by atoms with Gasteiger partial charge >= 0.3 is 17.8 Å². The Labute approximate surface area is 173 Å². The number of halogens is 3. The minimum atomic E-state index is -5.14. The number of carbonyl (C=O) groups is 2. The van der Waals surface area contributed by atoms with Crippen molar-refractivity contribution in [2.24, 2.45) is 5.73 Å². The summed E-state index contributed by atoms with van der Waals surface area (Å²) in [6.07, 6.45) is -2.48. The highest BCUT2D eigenvalue weighted by atomic mass is 32.2. The van der Waals surface area contributed by atoms with Gasteiger partial charge in [0, 0.05) is 31.1 Å². The summed E-state index contributed by atoms with van der Waals surface area (Å²) in [6.45, 7) is 0.474. The third-order valence-electron chi connectivity index (χ3n) is 4.10. The van der Waals surface area contributed by atoms with Gasteiger partial charge in [-0.25, -0.2) is 9.78 Å². The Balaban J connectivity index is 1.76. The van der Waals surface area contributed by atoms with E-state index in [0.29, 0.717) is 25.1 Å². The van der Waals surface area contributed by atoms with Crippen LogP contribution in [0.4, 0.5) is 24.7 Å². The molecule has 2 atom stereocenters. The monoisotopic (exact) mass is 451 g/mol. The van der Waals surface area contributed by atoms with Crippen LogP contribution in [0.3, 0.4) is 0 Å². The van der Waals surface area contributed by atoms with Gasteiger partial charge in [-0.1, -0.05) is 11.8 Å². The molecule has 1 aliphatic heterocycles. The second-order valence-corrected chi connectivity index (χ2v) is 7.41. The summed E-state index contributed by atoms with van der Waals surface area (Å²) in [5, 5.41) is 13.8. The van der Waals surface area contributed by atoms with Crippen molar-refractivity contribution in [3.63, 3.8) is 0 Å². The van der Waals surface area contributed by atoms with Gasteiger partial charge in [-0.2, -0.15) is 13.2 Å². The van der Waals surface area contributed by atoms with E-state index in [9.17, 15) is 32.9 Å². The van der Waals surface area contributed by atoms with Crippen LogP contribution >= 0.6 is 11.8 Å². The van der Waals surface area contributed by atoms with E-state index < -0.39 is 34.6 Å². The molecule has 0 spiro atoms. The maximum absolute atomic E-state index is 12.4. The molecule has 1 aromatic heterocycles. The third-order valence-corrected chi connectivity index (χ3v) is 5.16. The van der Waals surface area contributed by atoms with Crippen molar-refractivity contribution in [1.29, 1.82) is 0 Å². The lowest BCUT2D eigenvalue weighted by molar-refractivity contribution is -0.384. The van der Waals surface area contributed by atoms with Gasteiger partial charge in [0.2, 0.25) is 17.3 Å². The molecule has 1 fully saturated rings. The lowest BCUT2D eigenvalue weighted by Gasteiger charge is -2.26. The normalized spacial score (nSPS) is 17.5. The van der Waals surface area contributed by atoms with Gasteiger partial charge in [0.25, 0.3) is 0 Å². The number of alkyl halides is 3. The molecule has 30 heavy (non-hydrogen) atoms. The molecule has 166 valence electrons. The van der Waals surface area contributed by atoms with E-state index in [1.165, 1.54) is 18.3 Å². The Hall–Kier alpha value is -2.61. The highest BCUT2D eigenvalue weighted by Crippen LogP contribution is 2.28. The summed E-state index contributed by atoms with van der Waals surface area (Å²) in [5.74, 6) is -2.51. The molecule has 0 saturated carbocycles. The van der Waals surface area contributed by atoms with Crippen LogP contribution < -0.4 is 11.1 Å². The van der Waals surface area contributed by atoms with E-state index in [1.807, 2.05) is 0 Å². The molecule has 1 saturated heterocycles. The van der Waals surface area contributed by atoms with Gasteiger partial charge in [0.15, 0.2) is 0 Å². The van der Waals surface area contributed by atoms with Crippen LogP contribution in [0.2, 0.25) is 0 Å². The fraction of sp³-hybridized carbons (Fsp3) is 0.562. The van der Waals surface area contributed by atoms with Crippen molar-refractivity contribution in [3.8, 4) is 0 Å². The number of anilines is 1. The number of nitrogens with two attached hydrogens (primary N) is 1. The number of nitro groups is 1. The van der Waals surface area contributed by atoms with Gasteiger partial charge in [-0.05, 0) is 25.3 Å². The Morgan fingerprint density at radius 1 is 1.47 bits per heavy atom. The number of nitrogens with zero attached hydrogens (tertiary/aromatic N) is 3. The third kappa shape index (κ3) is 6.45. The fourth-order valence-corrected chi connectivity index (χ4v) is 3.68. The molecule has 2 heterocycles. The van der Waals surface area contributed by atoms with E-state index in [4.69, 9.17) is 5.73 Å². The Bertz CT molecular complexity index is 782. The maximum Gasteiger partial charge on any atom is 0.491 e. The first-order valence-corrected chi connectivity index (χ1v) is 9.95. The van der Waals surface area contributed by atoms with Crippen LogP contribution in [0.1, 0.15) is 19.3 Å². The predicted molar refractivity (Wildman–Crippen MR) is 101 cm³/mol. The van der Waals surface area contributed by atoms with Crippen LogP contribution in [0.15, 0.2) is 18.3 Å². The number of hydrogen-bond donors (Lipinski definition) is 2. The van der Waals surface area contributed by atoms with Gasteiger partial charge in [0.1, 0.15) is 0 Å². The van der Waals surface area contributed by atoms with Crippen LogP contribution in [0.25, 0.3) is 0 Å². The molecule has 0 aliphatic carbocycles. The van der Waals surface area contributed by atoms with E-state index in [0.717, 1.165) is 16.7 Å². The highest BCUT2D eigenvalue weighted by Gasteiger charge is 2.45. The number of amides is 1. The Morgan fingerprint density at radius 2 is 2.20 bits per heavy atom. The molecular weight excluding hydrogens is 431 g/mol. The number of thioether (sulfide) groups is 1. The molecule has 1 unspecified atom stereocenters. The number of hydrogen-bond acceptors (Lipinski definition) is 9. The van der Waals surface area contributed by atoms with Gasteiger partial charge in [-0.15, -0.1) is 0 Å². The second-order valence-electron chi connectivity index (χ2n) is 6.27. The largest absolute Gasteiger partial charge is 0.491 e. The molecule has 1 aromatic rings.